The predicted octanol–water partition coefficient (Wildman–Crippen LogP) is 6.43. The van der Waals surface area contributed by atoms with Gasteiger partial charge in [-0.05, 0) is 51.3 Å². The Bertz CT molecular complexity index is 1030. The smallest absolute Gasteiger partial charge is 0.257 e. The van der Waals surface area contributed by atoms with E-state index < -0.39 is 0 Å². The molecule has 6 nitrogen and oxygen atoms in total. The molecule has 3 rings (SSSR count). The van der Waals surface area contributed by atoms with Crippen molar-refractivity contribution in [2.75, 3.05) is 12.4 Å². The van der Waals surface area contributed by atoms with E-state index in [9.17, 15) is 0 Å². The number of nitrogens with zero attached hydrogens (tertiary/aromatic N) is 2. The Kier molecular flexibility index (Phi) is 8.52. The van der Waals surface area contributed by atoms with Crippen molar-refractivity contribution in [3.05, 3.63) is 59.8 Å². The van der Waals surface area contributed by atoms with Gasteiger partial charge in [0, 0.05) is 17.7 Å². The van der Waals surface area contributed by atoms with Gasteiger partial charge in [-0.3, -0.25) is 0 Å². The number of methoxy groups -OCH3 is 1. The standard InChI is InChI=1S/C27H35N3O3/c1-7-21(8-2)29-26-27(31-6)30-25(19(5)28-26)23-15-14-22(16-24(23)33-18(3)4)32-17-20-12-10-9-11-13-20/h9-16,18,21H,7-8,17H2,1-6H3,(H,28,29). The molecule has 0 saturated carbocycles. The van der Waals surface area contributed by atoms with E-state index in [0.717, 1.165) is 41.1 Å². The SMILES string of the molecule is CCC(CC)Nc1nc(C)c(-c2ccc(OCc3ccccc3)cc2OC(C)C)nc1OC. The van der Waals surface area contributed by atoms with Crippen molar-refractivity contribution in [3.63, 3.8) is 0 Å². The quantitative estimate of drug-likeness (QED) is 0.364. The molecule has 0 atom stereocenters. The van der Waals surface area contributed by atoms with Gasteiger partial charge in [0.2, 0.25) is 0 Å². The Labute approximate surface area is 197 Å². The van der Waals surface area contributed by atoms with E-state index in [1.165, 1.54) is 0 Å². The summed E-state index contributed by atoms with van der Waals surface area (Å²) in [6.07, 6.45) is 2.00. The van der Waals surface area contributed by atoms with Crippen LogP contribution in [0, 0.1) is 6.92 Å². The number of hydrogen-bond donors (Lipinski definition) is 1. The Morgan fingerprint density at radius 3 is 2.33 bits per heavy atom. The van der Waals surface area contributed by atoms with Crippen LogP contribution >= 0.6 is 0 Å². The molecular weight excluding hydrogens is 414 g/mol. The van der Waals surface area contributed by atoms with Crippen LogP contribution in [-0.2, 0) is 6.61 Å². The fourth-order valence-electron chi connectivity index (χ4n) is 3.56. The first-order chi connectivity index (χ1) is 15.9. The normalized spacial score (nSPS) is 11.0. The summed E-state index contributed by atoms with van der Waals surface area (Å²) in [5, 5.41) is 3.46. The average Bonchev–Trinajstić information content (AvgIpc) is 2.82. The lowest BCUT2D eigenvalue weighted by atomic mass is 10.1. The predicted molar refractivity (Wildman–Crippen MR) is 133 cm³/mol. The third-order valence-electron chi connectivity index (χ3n) is 5.38. The maximum Gasteiger partial charge on any atom is 0.257 e. The molecule has 0 aliphatic carbocycles. The van der Waals surface area contributed by atoms with Crippen LogP contribution in [0.15, 0.2) is 48.5 Å². The molecule has 0 amide bonds. The van der Waals surface area contributed by atoms with Crippen LogP contribution in [0.5, 0.6) is 17.4 Å². The number of nitrogens with one attached hydrogen (secondary N) is 1. The van der Waals surface area contributed by atoms with Gasteiger partial charge in [0.25, 0.3) is 5.88 Å². The highest BCUT2D eigenvalue weighted by atomic mass is 16.5. The largest absolute Gasteiger partial charge is 0.490 e. The van der Waals surface area contributed by atoms with Crippen LogP contribution in [0.1, 0.15) is 51.8 Å². The Morgan fingerprint density at radius 2 is 1.70 bits per heavy atom. The molecule has 0 saturated heterocycles. The molecule has 3 aromatic rings. The van der Waals surface area contributed by atoms with Gasteiger partial charge in [-0.1, -0.05) is 44.2 Å². The highest BCUT2D eigenvalue weighted by Crippen LogP contribution is 2.37. The van der Waals surface area contributed by atoms with E-state index >= 15 is 0 Å². The molecular formula is C27H35N3O3. The van der Waals surface area contributed by atoms with E-state index in [4.69, 9.17) is 24.2 Å². The molecule has 1 heterocycles. The van der Waals surface area contributed by atoms with E-state index in [2.05, 4.69) is 19.2 Å². The Hall–Kier alpha value is -3.28. The number of aromatic nitrogens is 2. The zero-order chi connectivity index (χ0) is 23.8. The van der Waals surface area contributed by atoms with E-state index in [1.54, 1.807) is 7.11 Å². The second-order valence-electron chi connectivity index (χ2n) is 8.27. The van der Waals surface area contributed by atoms with Gasteiger partial charge in [0.1, 0.15) is 18.1 Å². The topological polar surface area (TPSA) is 65.5 Å². The monoisotopic (exact) mass is 449 g/mol. The van der Waals surface area contributed by atoms with Crippen molar-refractivity contribution < 1.29 is 14.2 Å². The summed E-state index contributed by atoms with van der Waals surface area (Å²) in [6.45, 7) is 10.8. The molecule has 0 spiro atoms. The summed E-state index contributed by atoms with van der Waals surface area (Å²) < 4.78 is 17.7. The van der Waals surface area contributed by atoms with Gasteiger partial charge in [-0.2, -0.15) is 0 Å². The first-order valence-corrected chi connectivity index (χ1v) is 11.6. The first kappa shape index (κ1) is 24.4. The lowest BCUT2D eigenvalue weighted by Gasteiger charge is -2.20. The van der Waals surface area contributed by atoms with Gasteiger partial charge < -0.3 is 19.5 Å². The molecule has 1 aromatic heterocycles. The number of rotatable bonds is 11. The van der Waals surface area contributed by atoms with Crippen molar-refractivity contribution in [1.82, 2.24) is 9.97 Å². The lowest BCUT2D eigenvalue weighted by Crippen LogP contribution is -2.19. The van der Waals surface area contributed by atoms with Gasteiger partial charge in [-0.15, -0.1) is 0 Å². The van der Waals surface area contributed by atoms with Crippen LogP contribution in [0.2, 0.25) is 0 Å². The zero-order valence-corrected chi connectivity index (χ0v) is 20.5. The Balaban J connectivity index is 1.94. The van der Waals surface area contributed by atoms with Gasteiger partial charge in [0.05, 0.1) is 24.6 Å². The Morgan fingerprint density at radius 1 is 0.970 bits per heavy atom. The minimum absolute atomic E-state index is 0.000842. The third-order valence-corrected chi connectivity index (χ3v) is 5.38. The number of benzene rings is 2. The van der Waals surface area contributed by atoms with E-state index in [1.807, 2.05) is 69.3 Å². The molecule has 2 aromatic carbocycles. The molecule has 0 aliphatic heterocycles. The summed E-state index contributed by atoms with van der Waals surface area (Å²) in [4.78, 5) is 9.60. The van der Waals surface area contributed by atoms with Crippen LogP contribution in [0.4, 0.5) is 5.82 Å². The fourth-order valence-corrected chi connectivity index (χ4v) is 3.56. The maximum absolute atomic E-state index is 6.15. The van der Waals surface area contributed by atoms with Crippen molar-refractivity contribution >= 4 is 5.82 Å². The molecule has 33 heavy (non-hydrogen) atoms. The van der Waals surface area contributed by atoms with E-state index in [-0.39, 0.29) is 6.10 Å². The summed E-state index contributed by atoms with van der Waals surface area (Å²) in [5.41, 5.74) is 3.50. The summed E-state index contributed by atoms with van der Waals surface area (Å²) in [5.74, 6) is 2.59. The lowest BCUT2D eigenvalue weighted by molar-refractivity contribution is 0.240. The number of aryl methyl sites for hydroxylation is 1. The van der Waals surface area contributed by atoms with Gasteiger partial charge in [0.15, 0.2) is 5.82 Å². The van der Waals surface area contributed by atoms with Crippen molar-refractivity contribution in [2.24, 2.45) is 0 Å². The highest BCUT2D eigenvalue weighted by molar-refractivity contribution is 5.72. The third kappa shape index (κ3) is 6.37. The number of anilines is 1. The van der Waals surface area contributed by atoms with Crippen molar-refractivity contribution in [2.45, 2.75) is 66.2 Å². The second kappa shape index (κ2) is 11.5. The van der Waals surface area contributed by atoms with Crippen LogP contribution in [0.25, 0.3) is 11.3 Å². The molecule has 0 aliphatic rings. The molecule has 0 bridgehead atoms. The molecule has 176 valence electrons. The number of hydrogen-bond acceptors (Lipinski definition) is 6. The van der Waals surface area contributed by atoms with Gasteiger partial charge >= 0.3 is 0 Å². The van der Waals surface area contributed by atoms with Crippen LogP contribution < -0.4 is 19.5 Å². The van der Waals surface area contributed by atoms with Gasteiger partial charge in [-0.25, -0.2) is 9.97 Å². The highest BCUT2D eigenvalue weighted by Gasteiger charge is 2.19. The minimum atomic E-state index is -0.000842. The first-order valence-electron chi connectivity index (χ1n) is 11.6. The van der Waals surface area contributed by atoms with Crippen molar-refractivity contribution in [1.29, 1.82) is 0 Å². The second-order valence-corrected chi connectivity index (χ2v) is 8.27. The molecule has 6 heteroatoms. The minimum Gasteiger partial charge on any atom is -0.490 e. The van der Waals surface area contributed by atoms with Crippen molar-refractivity contribution in [3.8, 4) is 28.6 Å². The molecule has 1 N–H and O–H groups in total. The maximum atomic E-state index is 6.15. The average molecular weight is 450 g/mol. The summed E-state index contributed by atoms with van der Waals surface area (Å²) >= 11 is 0. The zero-order valence-electron chi connectivity index (χ0n) is 20.5. The summed E-state index contributed by atoms with van der Waals surface area (Å²) in [6, 6.07) is 16.2. The van der Waals surface area contributed by atoms with Crippen LogP contribution in [-0.4, -0.2) is 29.2 Å². The molecule has 0 unspecified atom stereocenters. The number of ether oxygens (including phenoxy) is 3. The fraction of sp³-hybridized carbons (Fsp3) is 0.407. The summed E-state index contributed by atoms with van der Waals surface area (Å²) in [7, 11) is 1.62. The molecule has 0 fully saturated rings. The van der Waals surface area contributed by atoms with Crippen LogP contribution in [0.3, 0.4) is 0 Å². The van der Waals surface area contributed by atoms with E-state index in [0.29, 0.717) is 30.1 Å². The molecule has 0 radical (unpaired) electrons.